The van der Waals surface area contributed by atoms with Crippen LogP contribution in [0.1, 0.15) is 38.7 Å². The van der Waals surface area contributed by atoms with E-state index in [1.165, 1.54) is 4.31 Å². The Morgan fingerprint density at radius 1 is 1.29 bits per heavy atom. The van der Waals surface area contributed by atoms with Crippen molar-refractivity contribution >= 4 is 15.9 Å². The summed E-state index contributed by atoms with van der Waals surface area (Å²) in [5.41, 5.74) is 1.02. The Kier molecular flexibility index (Phi) is 6.40. The lowest BCUT2D eigenvalue weighted by atomic mass is 9.98. The van der Waals surface area contributed by atoms with Gasteiger partial charge in [-0.15, -0.1) is 0 Å². The van der Waals surface area contributed by atoms with Crippen molar-refractivity contribution in [2.75, 3.05) is 19.6 Å². The molecule has 1 amide bonds. The summed E-state index contributed by atoms with van der Waals surface area (Å²) in [6.07, 6.45) is 2.39. The average molecular weight is 353 g/mol. The predicted octanol–water partition coefficient (Wildman–Crippen LogP) is 2.56. The van der Waals surface area contributed by atoms with Crippen molar-refractivity contribution in [3.63, 3.8) is 0 Å². The molecule has 1 saturated heterocycles. The van der Waals surface area contributed by atoms with Crippen LogP contribution >= 0.6 is 0 Å². The van der Waals surface area contributed by atoms with Crippen LogP contribution < -0.4 is 5.32 Å². The first-order valence-electron chi connectivity index (χ1n) is 8.65. The van der Waals surface area contributed by atoms with Gasteiger partial charge in [0.1, 0.15) is 0 Å². The van der Waals surface area contributed by atoms with Crippen LogP contribution in [0.5, 0.6) is 0 Å². The zero-order chi connectivity index (χ0) is 17.7. The van der Waals surface area contributed by atoms with Crippen molar-refractivity contribution in [3.05, 3.63) is 29.8 Å². The molecule has 0 radical (unpaired) electrons. The molecule has 0 spiro atoms. The molecule has 1 fully saturated rings. The molecule has 1 aliphatic rings. The first kappa shape index (κ1) is 18.9. The number of aryl methyl sites for hydroxylation is 1. The SMILES string of the molecule is Cc1ccc(S(=O)(=O)N2CCC[C@@H](C(=O)NCCC(C)C)C2)cc1. The van der Waals surface area contributed by atoms with Gasteiger partial charge in [-0.25, -0.2) is 8.42 Å². The van der Waals surface area contributed by atoms with E-state index in [0.717, 1.165) is 18.4 Å². The summed E-state index contributed by atoms with van der Waals surface area (Å²) >= 11 is 0. The molecule has 0 aliphatic carbocycles. The van der Waals surface area contributed by atoms with Gasteiger partial charge in [-0.1, -0.05) is 31.5 Å². The molecule has 0 saturated carbocycles. The number of amides is 1. The molecular formula is C18H28N2O3S. The number of hydrogen-bond donors (Lipinski definition) is 1. The minimum atomic E-state index is -3.53. The van der Waals surface area contributed by atoms with E-state index >= 15 is 0 Å². The van der Waals surface area contributed by atoms with Crippen LogP contribution in [0.15, 0.2) is 29.2 Å². The number of nitrogens with one attached hydrogen (secondary N) is 1. The fraction of sp³-hybridized carbons (Fsp3) is 0.611. The highest BCUT2D eigenvalue weighted by atomic mass is 32.2. The second-order valence-electron chi connectivity index (χ2n) is 6.99. The minimum Gasteiger partial charge on any atom is -0.356 e. The third-order valence-corrected chi connectivity index (χ3v) is 6.31. The molecule has 1 atom stereocenters. The molecule has 0 aromatic heterocycles. The number of piperidine rings is 1. The van der Waals surface area contributed by atoms with Crippen molar-refractivity contribution in [2.45, 2.75) is 44.9 Å². The van der Waals surface area contributed by atoms with E-state index in [9.17, 15) is 13.2 Å². The maximum Gasteiger partial charge on any atom is 0.243 e. The summed E-state index contributed by atoms with van der Waals surface area (Å²) < 4.78 is 27.0. The third kappa shape index (κ3) is 4.80. The summed E-state index contributed by atoms with van der Waals surface area (Å²) in [5, 5.41) is 2.94. The fourth-order valence-corrected chi connectivity index (χ4v) is 4.39. The lowest BCUT2D eigenvalue weighted by molar-refractivity contribution is -0.126. The Balaban J connectivity index is 2.01. The highest BCUT2D eigenvalue weighted by Crippen LogP contribution is 2.24. The van der Waals surface area contributed by atoms with Crippen molar-refractivity contribution in [3.8, 4) is 0 Å². The smallest absolute Gasteiger partial charge is 0.243 e. The maximum atomic E-state index is 12.8. The summed E-state index contributed by atoms with van der Waals surface area (Å²) in [6, 6.07) is 6.87. The molecule has 134 valence electrons. The number of sulfonamides is 1. The van der Waals surface area contributed by atoms with E-state index in [2.05, 4.69) is 19.2 Å². The Hall–Kier alpha value is -1.40. The number of benzene rings is 1. The number of carbonyl (C=O) groups is 1. The Labute approximate surface area is 145 Å². The highest BCUT2D eigenvalue weighted by Gasteiger charge is 2.33. The van der Waals surface area contributed by atoms with Crippen LogP contribution in [0.25, 0.3) is 0 Å². The lowest BCUT2D eigenvalue weighted by Crippen LogP contribution is -2.45. The molecule has 0 unspecified atom stereocenters. The molecule has 1 N–H and O–H groups in total. The summed E-state index contributed by atoms with van der Waals surface area (Å²) in [5.74, 6) is 0.251. The molecule has 1 aliphatic heterocycles. The molecule has 6 heteroatoms. The zero-order valence-electron chi connectivity index (χ0n) is 14.8. The van der Waals surface area contributed by atoms with E-state index in [1.54, 1.807) is 24.3 Å². The molecule has 24 heavy (non-hydrogen) atoms. The zero-order valence-corrected chi connectivity index (χ0v) is 15.6. The Bertz CT molecular complexity index is 653. The fourth-order valence-electron chi connectivity index (χ4n) is 2.86. The highest BCUT2D eigenvalue weighted by molar-refractivity contribution is 7.89. The standard InChI is InChI=1S/C18H28N2O3S/c1-14(2)10-11-19-18(21)16-5-4-12-20(13-16)24(22,23)17-8-6-15(3)7-9-17/h6-9,14,16H,4-5,10-13H2,1-3H3,(H,19,21)/t16-/m1/s1. The van der Waals surface area contributed by atoms with Gasteiger partial charge < -0.3 is 5.32 Å². The summed E-state index contributed by atoms with van der Waals surface area (Å²) in [6.45, 7) is 7.55. The molecule has 2 rings (SSSR count). The van der Waals surface area contributed by atoms with Gasteiger partial charge in [-0.2, -0.15) is 4.31 Å². The quantitative estimate of drug-likeness (QED) is 0.856. The van der Waals surface area contributed by atoms with E-state index in [0.29, 0.717) is 30.3 Å². The molecular weight excluding hydrogens is 324 g/mol. The van der Waals surface area contributed by atoms with Gasteiger partial charge in [0.15, 0.2) is 0 Å². The maximum absolute atomic E-state index is 12.8. The molecule has 1 aromatic rings. The van der Waals surface area contributed by atoms with Crippen molar-refractivity contribution in [1.29, 1.82) is 0 Å². The van der Waals surface area contributed by atoms with E-state index in [-0.39, 0.29) is 18.4 Å². The van der Waals surface area contributed by atoms with Crippen molar-refractivity contribution in [2.24, 2.45) is 11.8 Å². The van der Waals surface area contributed by atoms with Gasteiger partial charge in [-0.05, 0) is 44.2 Å². The summed E-state index contributed by atoms with van der Waals surface area (Å²) in [7, 11) is -3.53. The van der Waals surface area contributed by atoms with Crippen LogP contribution in [-0.2, 0) is 14.8 Å². The van der Waals surface area contributed by atoms with E-state index < -0.39 is 10.0 Å². The van der Waals surface area contributed by atoms with Crippen LogP contribution in [0.4, 0.5) is 0 Å². The first-order chi connectivity index (χ1) is 11.3. The number of carbonyl (C=O) groups excluding carboxylic acids is 1. The second-order valence-corrected chi connectivity index (χ2v) is 8.93. The van der Waals surface area contributed by atoms with Gasteiger partial charge in [0.05, 0.1) is 10.8 Å². The molecule has 0 bridgehead atoms. The van der Waals surface area contributed by atoms with Crippen molar-refractivity contribution in [1.82, 2.24) is 9.62 Å². The minimum absolute atomic E-state index is 0.0283. The number of hydrogen-bond acceptors (Lipinski definition) is 3. The summed E-state index contributed by atoms with van der Waals surface area (Å²) in [4.78, 5) is 12.6. The number of rotatable bonds is 6. The normalized spacial score (nSPS) is 19.4. The second kappa shape index (κ2) is 8.12. The Morgan fingerprint density at radius 2 is 1.96 bits per heavy atom. The van der Waals surface area contributed by atoms with Crippen LogP contribution in [-0.4, -0.2) is 38.3 Å². The van der Waals surface area contributed by atoms with Crippen LogP contribution in [0, 0.1) is 18.8 Å². The van der Waals surface area contributed by atoms with Gasteiger partial charge in [0.25, 0.3) is 0 Å². The van der Waals surface area contributed by atoms with Gasteiger partial charge >= 0.3 is 0 Å². The van der Waals surface area contributed by atoms with E-state index in [4.69, 9.17) is 0 Å². The molecule has 1 heterocycles. The topological polar surface area (TPSA) is 66.5 Å². The first-order valence-corrected chi connectivity index (χ1v) is 10.1. The van der Waals surface area contributed by atoms with Gasteiger partial charge in [0.2, 0.25) is 15.9 Å². The molecule has 1 aromatic carbocycles. The molecule has 5 nitrogen and oxygen atoms in total. The average Bonchev–Trinajstić information content (AvgIpc) is 2.55. The number of nitrogens with zero attached hydrogens (tertiary/aromatic N) is 1. The monoisotopic (exact) mass is 352 g/mol. The van der Waals surface area contributed by atoms with Gasteiger partial charge in [0, 0.05) is 19.6 Å². The lowest BCUT2D eigenvalue weighted by Gasteiger charge is -2.31. The van der Waals surface area contributed by atoms with Crippen molar-refractivity contribution < 1.29 is 13.2 Å². The van der Waals surface area contributed by atoms with Crippen LogP contribution in [0.3, 0.4) is 0 Å². The third-order valence-electron chi connectivity index (χ3n) is 4.43. The largest absolute Gasteiger partial charge is 0.356 e. The van der Waals surface area contributed by atoms with E-state index in [1.807, 2.05) is 6.92 Å². The van der Waals surface area contributed by atoms with Crippen LogP contribution in [0.2, 0.25) is 0 Å². The van der Waals surface area contributed by atoms with Gasteiger partial charge in [-0.3, -0.25) is 4.79 Å². The Morgan fingerprint density at radius 3 is 2.58 bits per heavy atom. The predicted molar refractivity (Wildman–Crippen MR) is 95.1 cm³/mol.